The maximum atomic E-state index is 13.5. The molecule has 3 unspecified atom stereocenters. The summed E-state index contributed by atoms with van der Waals surface area (Å²) in [5, 5.41) is 31.5. The van der Waals surface area contributed by atoms with Crippen LogP contribution in [0.25, 0.3) is 0 Å². The molecule has 0 spiro atoms. The monoisotopic (exact) mass is 380 g/mol. The number of nitrogen functional groups attached to an aromatic ring is 1. The first-order valence-corrected chi connectivity index (χ1v) is 8.52. The normalized spacial score (nSPS) is 26.2. The predicted octanol–water partition coefficient (Wildman–Crippen LogP) is 0.926. The molecule has 1 aliphatic rings. The lowest BCUT2D eigenvalue weighted by molar-refractivity contribution is -0.0232. The summed E-state index contributed by atoms with van der Waals surface area (Å²) in [4.78, 5) is 9.79. The molecule has 9 heteroatoms. The second-order valence-electron chi connectivity index (χ2n) is 6.90. The molecule has 0 saturated heterocycles. The minimum Gasteiger partial charge on any atom is -0.390 e. The van der Waals surface area contributed by atoms with Gasteiger partial charge < -0.3 is 26.0 Å². The third kappa shape index (κ3) is 3.71. The molecule has 0 aliphatic heterocycles. The molecule has 7 nitrogen and oxygen atoms in total. The summed E-state index contributed by atoms with van der Waals surface area (Å²) in [6, 6.07) is 4.20. The van der Waals surface area contributed by atoms with Gasteiger partial charge >= 0.3 is 0 Å². The van der Waals surface area contributed by atoms with Gasteiger partial charge in [-0.15, -0.1) is 0 Å². The standard InChI is InChI=1S/C18H22F2N4O3/c1-8-5-14(23-18(21)22-8)24(2)13-7-10(16(26)17(13)27)15(25)9-3-4-11(19)12(20)6-9/h3-6,10,13,15-17,25-27H,7H2,1-2H3,(H2,21,22,23)/t10?,13?,15?,16-,17+/m1/s1. The average molecular weight is 380 g/mol. The molecule has 0 bridgehead atoms. The van der Waals surface area contributed by atoms with Gasteiger partial charge in [-0.3, -0.25) is 0 Å². The van der Waals surface area contributed by atoms with Crippen molar-refractivity contribution in [1.82, 2.24) is 9.97 Å². The molecular formula is C18H22F2N4O3. The Bertz CT molecular complexity index is 818. The molecule has 0 amide bonds. The van der Waals surface area contributed by atoms with E-state index in [0.29, 0.717) is 11.5 Å². The average Bonchev–Trinajstić information content (AvgIpc) is 2.90. The fourth-order valence-electron chi connectivity index (χ4n) is 3.61. The van der Waals surface area contributed by atoms with Gasteiger partial charge in [0, 0.05) is 24.7 Å². The van der Waals surface area contributed by atoms with Crippen molar-refractivity contribution in [3.05, 3.63) is 47.2 Å². The van der Waals surface area contributed by atoms with Crippen LogP contribution in [0.2, 0.25) is 0 Å². The van der Waals surface area contributed by atoms with E-state index >= 15 is 0 Å². The molecule has 1 fully saturated rings. The summed E-state index contributed by atoms with van der Waals surface area (Å²) in [6.07, 6.45) is -3.47. The highest BCUT2D eigenvalue weighted by Crippen LogP contribution is 2.39. The number of rotatable bonds is 4. The maximum Gasteiger partial charge on any atom is 0.222 e. The Morgan fingerprint density at radius 1 is 1.15 bits per heavy atom. The molecule has 0 radical (unpaired) electrons. The lowest BCUT2D eigenvalue weighted by Gasteiger charge is -2.28. The van der Waals surface area contributed by atoms with Gasteiger partial charge in [0.15, 0.2) is 11.6 Å². The highest BCUT2D eigenvalue weighted by Gasteiger charge is 2.47. The summed E-state index contributed by atoms with van der Waals surface area (Å²) < 4.78 is 26.6. The molecule has 5 atom stereocenters. The van der Waals surface area contributed by atoms with Crippen LogP contribution >= 0.6 is 0 Å². The molecular weight excluding hydrogens is 358 g/mol. The SMILES string of the molecule is Cc1cc(N(C)C2CC(C(O)c3ccc(F)c(F)c3)[C@@H](O)[C@H]2O)nc(N)n1. The smallest absolute Gasteiger partial charge is 0.222 e. The van der Waals surface area contributed by atoms with Crippen molar-refractivity contribution in [2.45, 2.75) is 37.7 Å². The van der Waals surface area contributed by atoms with Gasteiger partial charge in [-0.25, -0.2) is 13.8 Å². The zero-order chi connectivity index (χ0) is 19.9. The van der Waals surface area contributed by atoms with Crippen LogP contribution < -0.4 is 10.6 Å². The largest absolute Gasteiger partial charge is 0.390 e. The summed E-state index contributed by atoms with van der Waals surface area (Å²) in [7, 11) is 1.69. The lowest BCUT2D eigenvalue weighted by atomic mass is 9.92. The molecule has 1 heterocycles. The van der Waals surface area contributed by atoms with E-state index in [0.717, 1.165) is 12.1 Å². The second-order valence-corrected chi connectivity index (χ2v) is 6.90. The Morgan fingerprint density at radius 3 is 2.48 bits per heavy atom. The van der Waals surface area contributed by atoms with Crippen molar-refractivity contribution in [2.75, 3.05) is 17.7 Å². The van der Waals surface area contributed by atoms with E-state index in [9.17, 15) is 24.1 Å². The van der Waals surface area contributed by atoms with E-state index < -0.39 is 41.9 Å². The first-order valence-electron chi connectivity index (χ1n) is 8.52. The van der Waals surface area contributed by atoms with Crippen molar-refractivity contribution < 1.29 is 24.1 Å². The Kier molecular flexibility index (Phi) is 5.27. The fraction of sp³-hybridized carbons (Fsp3) is 0.444. The summed E-state index contributed by atoms with van der Waals surface area (Å²) in [6.45, 7) is 1.75. The molecule has 3 rings (SSSR count). The number of nitrogens with zero attached hydrogens (tertiary/aromatic N) is 3. The van der Waals surface area contributed by atoms with E-state index in [2.05, 4.69) is 9.97 Å². The summed E-state index contributed by atoms with van der Waals surface area (Å²) in [5.41, 5.74) is 6.45. The zero-order valence-corrected chi connectivity index (χ0v) is 14.9. The number of hydrogen-bond donors (Lipinski definition) is 4. The Labute approximate surface area is 155 Å². The molecule has 27 heavy (non-hydrogen) atoms. The van der Waals surface area contributed by atoms with Gasteiger partial charge in [-0.05, 0) is 31.0 Å². The van der Waals surface area contributed by atoms with Crippen LogP contribution in [-0.2, 0) is 0 Å². The van der Waals surface area contributed by atoms with Crippen LogP contribution in [0.3, 0.4) is 0 Å². The van der Waals surface area contributed by atoms with Gasteiger partial charge in [0.05, 0.1) is 18.2 Å². The molecule has 1 saturated carbocycles. The van der Waals surface area contributed by atoms with Crippen molar-refractivity contribution in [1.29, 1.82) is 0 Å². The number of halogens is 2. The van der Waals surface area contributed by atoms with E-state index in [1.165, 1.54) is 6.07 Å². The third-order valence-electron chi connectivity index (χ3n) is 5.10. The molecule has 5 N–H and O–H groups in total. The highest BCUT2D eigenvalue weighted by atomic mass is 19.2. The Morgan fingerprint density at radius 2 is 1.85 bits per heavy atom. The van der Waals surface area contributed by atoms with Gasteiger partial charge in [0.25, 0.3) is 0 Å². The van der Waals surface area contributed by atoms with Crippen molar-refractivity contribution in [2.24, 2.45) is 5.92 Å². The Hall–Kier alpha value is -2.36. The predicted molar refractivity (Wildman–Crippen MR) is 94.8 cm³/mol. The van der Waals surface area contributed by atoms with Crippen LogP contribution in [0.15, 0.2) is 24.3 Å². The molecule has 146 valence electrons. The van der Waals surface area contributed by atoms with Gasteiger partial charge in [0.2, 0.25) is 5.95 Å². The van der Waals surface area contributed by atoms with Crippen LogP contribution in [0.4, 0.5) is 20.5 Å². The number of likely N-dealkylation sites (N-methyl/N-ethyl adjacent to an activating group) is 1. The van der Waals surface area contributed by atoms with Crippen molar-refractivity contribution in [3.8, 4) is 0 Å². The fourth-order valence-corrected chi connectivity index (χ4v) is 3.61. The minimum absolute atomic E-state index is 0.0863. The lowest BCUT2D eigenvalue weighted by Crippen LogP contribution is -2.42. The maximum absolute atomic E-state index is 13.5. The van der Waals surface area contributed by atoms with Crippen LogP contribution in [0, 0.1) is 24.5 Å². The van der Waals surface area contributed by atoms with Gasteiger partial charge in [-0.2, -0.15) is 4.98 Å². The minimum atomic E-state index is -1.26. The van der Waals surface area contributed by atoms with E-state index in [1.807, 2.05) is 0 Å². The van der Waals surface area contributed by atoms with Gasteiger partial charge in [-0.1, -0.05) is 6.07 Å². The number of aromatic nitrogens is 2. The number of benzene rings is 1. The zero-order valence-electron chi connectivity index (χ0n) is 14.9. The Balaban J connectivity index is 1.83. The van der Waals surface area contributed by atoms with Crippen LogP contribution in [0.5, 0.6) is 0 Å². The number of aryl methyl sites for hydroxylation is 1. The molecule has 2 aromatic rings. The number of hydrogen-bond acceptors (Lipinski definition) is 7. The van der Waals surface area contributed by atoms with Crippen molar-refractivity contribution in [3.63, 3.8) is 0 Å². The molecule has 1 aromatic carbocycles. The van der Waals surface area contributed by atoms with Crippen LogP contribution in [-0.4, -0.2) is 50.6 Å². The molecule has 1 aliphatic carbocycles. The van der Waals surface area contributed by atoms with Crippen LogP contribution in [0.1, 0.15) is 23.8 Å². The van der Waals surface area contributed by atoms with E-state index in [1.54, 1.807) is 24.9 Å². The summed E-state index contributed by atoms with van der Waals surface area (Å²) >= 11 is 0. The summed E-state index contributed by atoms with van der Waals surface area (Å²) in [5.74, 6) is -2.31. The highest BCUT2D eigenvalue weighted by molar-refractivity contribution is 5.44. The number of aliphatic hydroxyl groups is 3. The van der Waals surface area contributed by atoms with E-state index in [4.69, 9.17) is 5.73 Å². The van der Waals surface area contributed by atoms with Gasteiger partial charge in [0.1, 0.15) is 11.9 Å². The topological polar surface area (TPSA) is 116 Å². The van der Waals surface area contributed by atoms with E-state index in [-0.39, 0.29) is 17.9 Å². The first kappa shape index (κ1) is 19.4. The number of aliphatic hydroxyl groups excluding tert-OH is 3. The number of anilines is 2. The quantitative estimate of drug-likeness (QED) is 0.623. The van der Waals surface area contributed by atoms with Crippen molar-refractivity contribution >= 4 is 11.8 Å². The number of nitrogens with two attached hydrogens (primary N) is 1. The first-order chi connectivity index (χ1) is 12.7. The molecule has 1 aromatic heterocycles. The third-order valence-corrected chi connectivity index (χ3v) is 5.10. The second kappa shape index (κ2) is 7.34.